The maximum Gasteiger partial charge on any atom is 0.204 e. The fourth-order valence-electron chi connectivity index (χ4n) is 2.32. The van der Waals surface area contributed by atoms with Crippen LogP contribution in [-0.2, 0) is 0 Å². The quantitative estimate of drug-likeness (QED) is 0.607. The van der Waals surface area contributed by atoms with E-state index in [1.807, 2.05) is 48.6 Å². The minimum Gasteiger partial charge on any atom is -0.277 e. The summed E-state index contributed by atoms with van der Waals surface area (Å²) in [5.41, 5.74) is 3.88. The maximum absolute atomic E-state index is 4.36. The summed E-state index contributed by atoms with van der Waals surface area (Å²) in [7, 11) is 0. The molecule has 22 heavy (non-hydrogen) atoms. The van der Waals surface area contributed by atoms with Gasteiger partial charge in [-0.2, -0.15) is 10.3 Å². The van der Waals surface area contributed by atoms with Gasteiger partial charge < -0.3 is 0 Å². The second-order valence-corrected chi connectivity index (χ2v) is 4.85. The van der Waals surface area contributed by atoms with Gasteiger partial charge in [0.1, 0.15) is 0 Å². The van der Waals surface area contributed by atoms with Crippen LogP contribution in [0.4, 0.5) is 0 Å². The molecule has 0 bridgehead atoms. The number of hydrogen-bond donors (Lipinski definition) is 2. The molecule has 0 aliphatic heterocycles. The highest BCUT2D eigenvalue weighted by Crippen LogP contribution is 2.23. The molecular weight excluding hydrogens is 276 g/mol. The van der Waals surface area contributed by atoms with Gasteiger partial charge in [0.15, 0.2) is 0 Å². The molecule has 0 atom stereocenters. The average molecular weight is 288 g/mol. The van der Waals surface area contributed by atoms with Gasteiger partial charge in [0, 0.05) is 10.9 Å². The van der Waals surface area contributed by atoms with Gasteiger partial charge in [0.25, 0.3) is 0 Å². The lowest BCUT2D eigenvalue weighted by Crippen LogP contribution is -1.81. The molecule has 0 fully saturated rings. The number of nitrogens with zero attached hydrogens (tertiary/aromatic N) is 4. The maximum atomic E-state index is 4.36. The molecule has 6 heteroatoms. The lowest BCUT2D eigenvalue weighted by molar-refractivity contribution is 0.881. The van der Waals surface area contributed by atoms with Crippen LogP contribution in [-0.4, -0.2) is 30.8 Å². The molecule has 2 N–H and O–H groups in total. The third-order valence-corrected chi connectivity index (χ3v) is 3.43. The van der Waals surface area contributed by atoms with Crippen LogP contribution in [0.5, 0.6) is 0 Å². The van der Waals surface area contributed by atoms with Crippen molar-refractivity contribution in [1.82, 2.24) is 30.8 Å². The Kier molecular flexibility index (Phi) is 2.97. The normalized spacial score (nSPS) is 11.5. The van der Waals surface area contributed by atoms with Crippen molar-refractivity contribution < 1.29 is 0 Å². The molecule has 2 aromatic carbocycles. The van der Waals surface area contributed by atoms with Crippen LogP contribution >= 0.6 is 0 Å². The number of hydrogen-bond acceptors (Lipinski definition) is 4. The zero-order chi connectivity index (χ0) is 14.8. The van der Waals surface area contributed by atoms with E-state index in [0.717, 1.165) is 27.7 Å². The summed E-state index contributed by atoms with van der Waals surface area (Å²) < 4.78 is 0. The zero-order valence-corrected chi connectivity index (χ0v) is 11.6. The lowest BCUT2D eigenvalue weighted by atomic mass is 10.1. The molecule has 0 amide bonds. The number of rotatable bonds is 3. The Morgan fingerprint density at radius 1 is 0.909 bits per heavy atom. The van der Waals surface area contributed by atoms with E-state index in [1.54, 1.807) is 0 Å². The first-order valence-corrected chi connectivity index (χ1v) is 6.85. The fourth-order valence-corrected chi connectivity index (χ4v) is 2.32. The first kappa shape index (κ1) is 12.5. The molecule has 6 nitrogen and oxygen atoms in total. The van der Waals surface area contributed by atoms with Gasteiger partial charge in [0.2, 0.25) is 5.82 Å². The van der Waals surface area contributed by atoms with Crippen LogP contribution < -0.4 is 0 Å². The van der Waals surface area contributed by atoms with Gasteiger partial charge in [-0.15, -0.1) is 10.2 Å². The SMILES string of the molecule is C(=C\c1n[nH]c2ccc(-c3nn[nH]n3)cc12)/c1ccccc1. The molecule has 0 radical (unpaired) electrons. The number of nitrogens with one attached hydrogen (secondary N) is 2. The largest absolute Gasteiger partial charge is 0.277 e. The van der Waals surface area contributed by atoms with Gasteiger partial charge in [-0.1, -0.05) is 36.4 Å². The molecule has 0 saturated carbocycles. The van der Waals surface area contributed by atoms with E-state index in [1.165, 1.54) is 0 Å². The van der Waals surface area contributed by atoms with Crippen molar-refractivity contribution in [2.45, 2.75) is 0 Å². The summed E-state index contributed by atoms with van der Waals surface area (Å²) >= 11 is 0. The number of H-pyrrole nitrogens is 2. The summed E-state index contributed by atoms with van der Waals surface area (Å²) in [6, 6.07) is 16.0. The molecule has 4 aromatic rings. The van der Waals surface area contributed by atoms with E-state index in [2.05, 4.69) is 43.0 Å². The molecular formula is C16H12N6. The van der Waals surface area contributed by atoms with Crippen LogP contribution in [0, 0.1) is 0 Å². The summed E-state index contributed by atoms with van der Waals surface area (Å²) in [6.45, 7) is 0. The first-order valence-electron chi connectivity index (χ1n) is 6.85. The summed E-state index contributed by atoms with van der Waals surface area (Å²) in [5.74, 6) is 0.570. The van der Waals surface area contributed by atoms with Crippen LogP contribution in [0.2, 0.25) is 0 Å². The predicted octanol–water partition coefficient (Wildman–Crippen LogP) is 2.91. The van der Waals surface area contributed by atoms with Crippen LogP contribution in [0.3, 0.4) is 0 Å². The molecule has 2 aromatic heterocycles. The second-order valence-electron chi connectivity index (χ2n) is 4.85. The number of fused-ring (bicyclic) bond motifs is 1. The highest BCUT2D eigenvalue weighted by Gasteiger charge is 2.08. The molecule has 106 valence electrons. The van der Waals surface area contributed by atoms with E-state index in [0.29, 0.717) is 5.82 Å². The smallest absolute Gasteiger partial charge is 0.204 e. The van der Waals surface area contributed by atoms with Crippen molar-refractivity contribution in [3.05, 3.63) is 59.8 Å². The van der Waals surface area contributed by atoms with E-state index >= 15 is 0 Å². The average Bonchev–Trinajstić information content (AvgIpc) is 3.23. The topological polar surface area (TPSA) is 83.1 Å². The Labute approximate surface area is 125 Å². The highest BCUT2D eigenvalue weighted by atomic mass is 15.5. The monoisotopic (exact) mass is 288 g/mol. The zero-order valence-electron chi connectivity index (χ0n) is 11.6. The van der Waals surface area contributed by atoms with Crippen molar-refractivity contribution in [2.75, 3.05) is 0 Å². The first-order chi connectivity index (χ1) is 10.9. The minimum atomic E-state index is 0.570. The number of aromatic nitrogens is 6. The van der Waals surface area contributed by atoms with Crippen molar-refractivity contribution in [3.8, 4) is 11.4 Å². The Morgan fingerprint density at radius 3 is 2.64 bits per heavy atom. The third kappa shape index (κ3) is 2.26. The number of aromatic amines is 2. The predicted molar refractivity (Wildman–Crippen MR) is 84.6 cm³/mol. The summed E-state index contributed by atoms with van der Waals surface area (Å²) in [5, 5.41) is 22.5. The Bertz CT molecular complexity index is 922. The molecule has 2 heterocycles. The van der Waals surface area contributed by atoms with Gasteiger partial charge in [-0.3, -0.25) is 5.10 Å². The Hall–Kier alpha value is -3.28. The fraction of sp³-hybridized carbons (Fsp3) is 0. The van der Waals surface area contributed by atoms with Gasteiger partial charge >= 0.3 is 0 Å². The minimum absolute atomic E-state index is 0.570. The lowest BCUT2D eigenvalue weighted by Gasteiger charge is -1.96. The number of benzene rings is 2. The van der Waals surface area contributed by atoms with Crippen LogP contribution in [0.1, 0.15) is 11.3 Å². The van der Waals surface area contributed by atoms with E-state index in [4.69, 9.17) is 0 Å². The van der Waals surface area contributed by atoms with Gasteiger partial charge in [0.05, 0.1) is 11.2 Å². The van der Waals surface area contributed by atoms with E-state index in [-0.39, 0.29) is 0 Å². The van der Waals surface area contributed by atoms with Crippen LogP contribution in [0.15, 0.2) is 48.5 Å². The summed E-state index contributed by atoms with van der Waals surface area (Å²) in [6.07, 6.45) is 4.03. The molecule has 0 aliphatic rings. The Balaban J connectivity index is 1.75. The molecule has 4 rings (SSSR count). The highest BCUT2D eigenvalue weighted by molar-refractivity contribution is 5.91. The second kappa shape index (κ2) is 5.25. The molecule has 0 saturated heterocycles. The molecule has 0 aliphatic carbocycles. The number of tetrazole rings is 1. The summed E-state index contributed by atoms with van der Waals surface area (Å²) in [4.78, 5) is 0. The van der Waals surface area contributed by atoms with Crippen molar-refractivity contribution >= 4 is 23.1 Å². The molecule has 0 spiro atoms. The molecule has 0 unspecified atom stereocenters. The van der Waals surface area contributed by atoms with Crippen LogP contribution in [0.25, 0.3) is 34.4 Å². The van der Waals surface area contributed by atoms with Crippen molar-refractivity contribution in [2.24, 2.45) is 0 Å². The standard InChI is InChI=1S/C16H12N6/c1-2-4-11(5-3-1)6-8-14-13-10-12(16-19-21-22-20-16)7-9-15(13)18-17-14/h1-10H,(H,17,18)(H,19,20,21,22)/b8-6+. The van der Waals surface area contributed by atoms with E-state index in [9.17, 15) is 0 Å². The van der Waals surface area contributed by atoms with Gasteiger partial charge in [-0.25, -0.2) is 0 Å². The van der Waals surface area contributed by atoms with E-state index < -0.39 is 0 Å². The Morgan fingerprint density at radius 2 is 1.82 bits per heavy atom. The van der Waals surface area contributed by atoms with Crippen molar-refractivity contribution in [3.63, 3.8) is 0 Å². The van der Waals surface area contributed by atoms with Crippen molar-refractivity contribution in [1.29, 1.82) is 0 Å². The third-order valence-electron chi connectivity index (χ3n) is 3.43. The van der Waals surface area contributed by atoms with Gasteiger partial charge in [-0.05, 0) is 35.1 Å².